The number of amides is 2. The molecule has 9 heteroatoms. The average Bonchev–Trinajstić information content (AvgIpc) is 3.19. The molecule has 33 heavy (non-hydrogen) atoms. The first kappa shape index (κ1) is 23.3. The van der Waals surface area contributed by atoms with E-state index in [1.165, 1.54) is 18.2 Å². The lowest BCUT2D eigenvalue weighted by molar-refractivity contribution is -0.125. The Morgan fingerprint density at radius 2 is 1.94 bits per heavy atom. The lowest BCUT2D eigenvalue weighted by Gasteiger charge is -2.38. The fourth-order valence-corrected chi connectivity index (χ4v) is 5.20. The van der Waals surface area contributed by atoms with Gasteiger partial charge in [-0.2, -0.15) is 0 Å². The highest BCUT2D eigenvalue weighted by molar-refractivity contribution is 6.34. The van der Waals surface area contributed by atoms with E-state index >= 15 is 0 Å². The summed E-state index contributed by atoms with van der Waals surface area (Å²) in [4.78, 5) is 25.3. The number of nitrogens with two attached hydrogens (primary N) is 1. The number of nitrogens with one attached hydrogen (secondary N) is 1. The molecule has 0 spiro atoms. The van der Waals surface area contributed by atoms with Crippen molar-refractivity contribution in [2.45, 2.75) is 31.1 Å². The molecule has 1 aliphatic rings. The maximum absolute atomic E-state index is 14.7. The van der Waals surface area contributed by atoms with Crippen LogP contribution in [0.25, 0.3) is 11.3 Å². The highest BCUT2D eigenvalue weighted by Gasteiger charge is 2.48. The van der Waals surface area contributed by atoms with Crippen molar-refractivity contribution in [2.24, 2.45) is 11.7 Å². The van der Waals surface area contributed by atoms with Crippen molar-refractivity contribution in [3.63, 3.8) is 0 Å². The highest BCUT2D eigenvalue weighted by Crippen LogP contribution is 2.49. The lowest BCUT2D eigenvalue weighted by atomic mass is 9.65. The zero-order valence-electron chi connectivity index (χ0n) is 17.6. The van der Waals surface area contributed by atoms with Crippen LogP contribution in [0.4, 0.5) is 4.39 Å². The van der Waals surface area contributed by atoms with Crippen LogP contribution in [0.3, 0.4) is 0 Å². The minimum atomic E-state index is -1.24. The van der Waals surface area contributed by atoms with Crippen LogP contribution in [-0.2, 0) is 10.2 Å². The molecule has 4 rings (SSSR count). The van der Waals surface area contributed by atoms with Crippen molar-refractivity contribution in [1.29, 1.82) is 0 Å². The van der Waals surface area contributed by atoms with Crippen molar-refractivity contribution < 1.29 is 18.5 Å². The van der Waals surface area contributed by atoms with Gasteiger partial charge in [-0.1, -0.05) is 47.4 Å². The minimum Gasteiger partial charge on any atom is -0.369 e. The summed E-state index contributed by atoms with van der Waals surface area (Å²) in [6, 6.07) is 13.1. The second kappa shape index (κ2) is 9.53. The van der Waals surface area contributed by atoms with Gasteiger partial charge in [-0.3, -0.25) is 9.59 Å². The summed E-state index contributed by atoms with van der Waals surface area (Å²) in [5, 5.41) is 6.85. The molecule has 2 unspecified atom stereocenters. The van der Waals surface area contributed by atoms with E-state index in [4.69, 9.17) is 33.5 Å². The number of halogens is 3. The number of rotatable bonds is 6. The van der Waals surface area contributed by atoms with Gasteiger partial charge in [0.15, 0.2) is 0 Å². The van der Waals surface area contributed by atoms with Gasteiger partial charge in [-0.05, 0) is 61.0 Å². The average molecular weight is 490 g/mol. The van der Waals surface area contributed by atoms with E-state index in [0.29, 0.717) is 31.4 Å². The maximum atomic E-state index is 14.7. The van der Waals surface area contributed by atoms with Crippen molar-refractivity contribution >= 4 is 35.0 Å². The molecule has 0 radical (unpaired) electrons. The van der Waals surface area contributed by atoms with Gasteiger partial charge >= 0.3 is 0 Å². The summed E-state index contributed by atoms with van der Waals surface area (Å²) in [6.45, 7) is 0.349. The monoisotopic (exact) mass is 489 g/mol. The van der Waals surface area contributed by atoms with Gasteiger partial charge in [0.05, 0.1) is 21.6 Å². The zero-order valence-corrected chi connectivity index (χ0v) is 19.1. The van der Waals surface area contributed by atoms with Gasteiger partial charge in [0, 0.05) is 12.1 Å². The van der Waals surface area contributed by atoms with Crippen LogP contribution in [0.2, 0.25) is 10.2 Å². The minimum absolute atomic E-state index is 0.00458. The second-order valence-electron chi connectivity index (χ2n) is 8.26. The van der Waals surface area contributed by atoms with Gasteiger partial charge in [-0.25, -0.2) is 4.39 Å². The summed E-state index contributed by atoms with van der Waals surface area (Å²) in [5.74, 6) is -1.49. The Bertz CT molecular complexity index is 1160. The molecule has 3 N–H and O–H groups in total. The van der Waals surface area contributed by atoms with Crippen LogP contribution in [-0.4, -0.2) is 23.5 Å². The largest absolute Gasteiger partial charge is 0.369 e. The van der Waals surface area contributed by atoms with E-state index in [-0.39, 0.29) is 38.9 Å². The fraction of sp³-hybridized carbons (Fsp3) is 0.292. The first-order chi connectivity index (χ1) is 15.8. The van der Waals surface area contributed by atoms with E-state index in [1.807, 2.05) is 6.07 Å². The molecular weight excluding hydrogens is 468 g/mol. The van der Waals surface area contributed by atoms with Crippen LogP contribution in [0, 0.1) is 11.7 Å². The summed E-state index contributed by atoms with van der Waals surface area (Å²) in [5.41, 5.74) is 5.53. The Labute approximate surface area is 200 Å². The number of carbonyl (C=O) groups is 2. The molecular formula is C24H22Cl2FN3O3. The molecule has 1 heterocycles. The molecule has 1 aliphatic carbocycles. The third-order valence-electron chi connectivity index (χ3n) is 6.24. The zero-order chi connectivity index (χ0) is 23.6. The normalized spacial score (nSPS) is 20.4. The Balaban J connectivity index is 1.65. The van der Waals surface area contributed by atoms with E-state index < -0.39 is 17.1 Å². The topological polar surface area (TPSA) is 98.2 Å². The molecule has 2 atom stereocenters. The smallest absolute Gasteiger partial charge is 0.251 e. The number of carbonyl (C=O) groups excluding carboxylic acids is 2. The fourth-order valence-electron chi connectivity index (χ4n) is 4.65. The predicted molar refractivity (Wildman–Crippen MR) is 124 cm³/mol. The molecule has 172 valence electrons. The van der Waals surface area contributed by atoms with Gasteiger partial charge in [0.2, 0.25) is 11.1 Å². The van der Waals surface area contributed by atoms with Crippen molar-refractivity contribution in [3.8, 4) is 11.3 Å². The Kier molecular flexibility index (Phi) is 6.72. The molecule has 0 saturated heterocycles. The van der Waals surface area contributed by atoms with Crippen molar-refractivity contribution in [1.82, 2.24) is 10.5 Å². The standard InChI is InChI=1S/C24H22Cl2FN3O3/c25-16-9-4-10-17(27)18(16)20-19(21(26)33-30-20)24(23(28)32)11-5-6-14(12-24)13-29-22(31)15-7-2-1-3-8-15/h1-4,7-10,14H,5-6,11-13H2,(H2,28,32)(H,29,31). The lowest BCUT2D eigenvalue weighted by Crippen LogP contribution is -2.47. The Morgan fingerprint density at radius 3 is 2.64 bits per heavy atom. The quantitative estimate of drug-likeness (QED) is 0.501. The first-order valence-corrected chi connectivity index (χ1v) is 11.3. The summed E-state index contributed by atoms with van der Waals surface area (Å²) in [7, 11) is 0. The van der Waals surface area contributed by atoms with Gasteiger partial charge in [-0.15, -0.1) is 0 Å². The number of hydrogen-bond acceptors (Lipinski definition) is 4. The van der Waals surface area contributed by atoms with Crippen molar-refractivity contribution in [3.05, 3.63) is 75.7 Å². The van der Waals surface area contributed by atoms with Crippen LogP contribution in [0.1, 0.15) is 41.6 Å². The molecule has 0 aliphatic heterocycles. The molecule has 1 saturated carbocycles. The molecule has 0 bridgehead atoms. The summed E-state index contributed by atoms with van der Waals surface area (Å²) < 4.78 is 19.9. The number of nitrogens with zero attached hydrogens (tertiary/aromatic N) is 1. The third-order valence-corrected chi connectivity index (χ3v) is 6.81. The SMILES string of the molecule is NC(=O)C1(c2c(-c3c(F)cccc3Cl)noc2Cl)CCCC(CNC(=O)c2ccccc2)C1. The third kappa shape index (κ3) is 4.48. The van der Waals surface area contributed by atoms with Crippen molar-refractivity contribution in [2.75, 3.05) is 6.54 Å². The highest BCUT2D eigenvalue weighted by atomic mass is 35.5. The molecule has 3 aromatic rings. The van der Waals surface area contributed by atoms with Gasteiger partial charge in [0.25, 0.3) is 5.91 Å². The van der Waals surface area contributed by atoms with Crippen LogP contribution < -0.4 is 11.1 Å². The van der Waals surface area contributed by atoms with E-state index in [2.05, 4.69) is 10.5 Å². The van der Waals surface area contributed by atoms with Crippen LogP contribution in [0.5, 0.6) is 0 Å². The molecule has 1 fully saturated rings. The number of hydrogen-bond donors (Lipinski definition) is 2. The molecule has 6 nitrogen and oxygen atoms in total. The molecule has 2 aromatic carbocycles. The Hall–Kier alpha value is -2.90. The van der Waals surface area contributed by atoms with Crippen LogP contribution in [0.15, 0.2) is 53.1 Å². The van der Waals surface area contributed by atoms with Gasteiger partial charge in [0.1, 0.15) is 11.5 Å². The van der Waals surface area contributed by atoms with E-state index in [9.17, 15) is 14.0 Å². The van der Waals surface area contributed by atoms with E-state index in [0.717, 1.165) is 6.42 Å². The number of primary amides is 1. The maximum Gasteiger partial charge on any atom is 0.251 e. The summed E-state index contributed by atoms with van der Waals surface area (Å²) in [6.07, 6.45) is 2.13. The van der Waals surface area contributed by atoms with Gasteiger partial charge < -0.3 is 15.6 Å². The van der Waals surface area contributed by atoms with E-state index in [1.54, 1.807) is 24.3 Å². The van der Waals surface area contributed by atoms with Crippen LogP contribution >= 0.6 is 23.2 Å². The summed E-state index contributed by atoms with van der Waals surface area (Å²) >= 11 is 12.6. The number of benzene rings is 2. The molecule has 1 aromatic heterocycles. The first-order valence-electron chi connectivity index (χ1n) is 10.6. The molecule has 2 amide bonds. The Morgan fingerprint density at radius 1 is 1.18 bits per heavy atom. The second-order valence-corrected chi connectivity index (χ2v) is 9.01. The predicted octanol–water partition coefficient (Wildman–Crippen LogP) is 5.13. The number of aromatic nitrogens is 1.